The summed E-state index contributed by atoms with van der Waals surface area (Å²) in [6.45, 7) is 4.25. The number of nitrogens with two attached hydrogens (primary N) is 1. The van der Waals surface area contributed by atoms with Crippen LogP contribution in [0, 0.1) is 5.92 Å². The smallest absolute Gasteiger partial charge is 0.327 e. The number of nitrogens with zero attached hydrogens (tertiary/aromatic N) is 3. The van der Waals surface area contributed by atoms with Gasteiger partial charge in [0, 0.05) is 19.3 Å². The van der Waals surface area contributed by atoms with Crippen LogP contribution >= 0.6 is 11.6 Å². The topological polar surface area (TPSA) is 91.0 Å². The van der Waals surface area contributed by atoms with Crippen LogP contribution < -0.4 is 11.1 Å². The van der Waals surface area contributed by atoms with Gasteiger partial charge in [0.25, 0.3) is 0 Å². The molecule has 148 valence electrons. The average Bonchev–Trinajstić information content (AvgIpc) is 2.67. The lowest BCUT2D eigenvalue weighted by atomic mass is 9.76. The standard InChI is InChI=1S/C20H24ClN5O2/c1-4-15-17(27)25(3)18(22)24-20(15,2)13-8-7-9-14(12-13)23-19(28)26-11-6-5-10-16(26)21/h5-10,12,15H,4,11H2,1-3H3,(H2,22,24)(H,23,28)/t15-,20+/m0/s1. The number of rotatable bonds is 3. The fourth-order valence-electron chi connectivity index (χ4n) is 3.59. The van der Waals surface area contributed by atoms with Gasteiger partial charge in [-0.2, -0.15) is 0 Å². The molecule has 0 bridgehead atoms. The van der Waals surface area contributed by atoms with Crippen LogP contribution in [0.4, 0.5) is 10.5 Å². The number of hydrogen-bond donors (Lipinski definition) is 2. The van der Waals surface area contributed by atoms with Gasteiger partial charge in [0.05, 0.1) is 11.5 Å². The van der Waals surface area contributed by atoms with Crippen molar-refractivity contribution >= 4 is 35.2 Å². The lowest BCUT2D eigenvalue weighted by molar-refractivity contribution is -0.134. The summed E-state index contributed by atoms with van der Waals surface area (Å²) in [5, 5.41) is 3.21. The number of urea groups is 1. The fourth-order valence-corrected chi connectivity index (χ4v) is 3.81. The molecule has 28 heavy (non-hydrogen) atoms. The van der Waals surface area contributed by atoms with E-state index >= 15 is 0 Å². The number of aliphatic imine (C=N–C) groups is 1. The van der Waals surface area contributed by atoms with Gasteiger partial charge in [0.1, 0.15) is 5.16 Å². The summed E-state index contributed by atoms with van der Waals surface area (Å²) in [6, 6.07) is 7.00. The highest BCUT2D eigenvalue weighted by Gasteiger charge is 2.45. The molecule has 0 unspecified atom stereocenters. The minimum Gasteiger partial charge on any atom is -0.369 e. The summed E-state index contributed by atoms with van der Waals surface area (Å²) in [6.07, 6.45) is 5.93. The third-order valence-corrected chi connectivity index (χ3v) is 5.60. The maximum atomic E-state index is 12.7. The maximum absolute atomic E-state index is 12.7. The first-order valence-electron chi connectivity index (χ1n) is 9.12. The van der Waals surface area contributed by atoms with E-state index in [1.165, 1.54) is 9.80 Å². The van der Waals surface area contributed by atoms with Gasteiger partial charge in [-0.05, 0) is 37.1 Å². The predicted molar refractivity (Wildman–Crippen MR) is 111 cm³/mol. The molecule has 7 nitrogen and oxygen atoms in total. The first-order valence-corrected chi connectivity index (χ1v) is 9.50. The van der Waals surface area contributed by atoms with E-state index in [0.29, 0.717) is 23.8 Å². The normalized spacial score (nSPS) is 24.7. The van der Waals surface area contributed by atoms with Crippen LogP contribution in [0.3, 0.4) is 0 Å². The Bertz CT molecular complexity index is 894. The summed E-state index contributed by atoms with van der Waals surface area (Å²) in [4.78, 5) is 32.7. The molecule has 3 rings (SSSR count). The summed E-state index contributed by atoms with van der Waals surface area (Å²) in [5.74, 6) is -0.229. The van der Waals surface area contributed by atoms with Gasteiger partial charge in [0.15, 0.2) is 5.96 Å². The van der Waals surface area contributed by atoms with Crippen molar-refractivity contribution < 1.29 is 9.59 Å². The van der Waals surface area contributed by atoms with Gasteiger partial charge >= 0.3 is 6.03 Å². The summed E-state index contributed by atoms with van der Waals surface area (Å²) < 4.78 is 0. The Morgan fingerprint density at radius 1 is 1.46 bits per heavy atom. The van der Waals surface area contributed by atoms with Gasteiger partial charge in [0.2, 0.25) is 5.91 Å². The van der Waals surface area contributed by atoms with E-state index in [4.69, 9.17) is 17.3 Å². The molecule has 1 aromatic carbocycles. The zero-order valence-corrected chi connectivity index (χ0v) is 16.9. The number of allylic oxidation sites excluding steroid dienone is 2. The molecule has 3 amide bonds. The Morgan fingerprint density at radius 2 is 2.21 bits per heavy atom. The Kier molecular flexibility index (Phi) is 5.47. The number of carbonyl (C=O) groups excluding carboxylic acids is 2. The summed E-state index contributed by atoms with van der Waals surface area (Å²) in [5.41, 5.74) is 6.57. The average molecular weight is 402 g/mol. The largest absolute Gasteiger partial charge is 0.369 e. The summed E-state index contributed by atoms with van der Waals surface area (Å²) in [7, 11) is 1.63. The molecular formula is C20H24ClN5O2. The lowest BCUT2D eigenvalue weighted by Crippen LogP contribution is -2.53. The first kappa shape index (κ1) is 19.9. The third-order valence-electron chi connectivity index (χ3n) is 5.27. The SMILES string of the molecule is CC[C@H]1C(=O)N(C)C(N)=N[C@]1(C)c1cccc(NC(=O)N2CC=CC=C2Cl)c1. The summed E-state index contributed by atoms with van der Waals surface area (Å²) >= 11 is 6.10. The highest BCUT2D eigenvalue weighted by Crippen LogP contribution is 2.40. The quantitative estimate of drug-likeness (QED) is 0.762. The maximum Gasteiger partial charge on any atom is 0.327 e. The minimum atomic E-state index is -0.811. The second-order valence-electron chi connectivity index (χ2n) is 7.01. The van der Waals surface area contributed by atoms with E-state index in [1.807, 2.05) is 38.1 Å². The Morgan fingerprint density at radius 3 is 2.89 bits per heavy atom. The molecule has 2 heterocycles. The van der Waals surface area contributed by atoms with Crippen LogP contribution in [0.5, 0.6) is 0 Å². The number of hydrogen-bond acceptors (Lipinski definition) is 4. The number of benzene rings is 1. The Balaban J connectivity index is 1.90. The van der Waals surface area contributed by atoms with Crippen LogP contribution in [0.1, 0.15) is 25.8 Å². The number of guanidine groups is 1. The Hall–Kier alpha value is -2.80. The number of halogens is 1. The number of anilines is 1. The molecular weight excluding hydrogens is 378 g/mol. The van der Waals surface area contributed by atoms with Gasteiger partial charge < -0.3 is 11.1 Å². The van der Waals surface area contributed by atoms with Gasteiger partial charge in [-0.15, -0.1) is 0 Å². The second-order valence-corrected chi connectivity index (χ2v) is 7.40. The highest BCUT2D eigenvalue weighted by atomic mass is 35.5. The minimum absolute atomic E-state index is 0.0658. The Labute approximate surface area is 169 Å². The molecule has 8 heteroatoms. The van der Waals surface area contributed by atoms with E-state index in [0.717, 1.165) is 5.56 Å². The van der Waals surface area contributed by atoms with Crippen molar-refractivity contribution in [2.45, 2.75) is 25.8 Å². The number of carbonyl (C=O) groups is 2. The number of amides is 3. The molecule has 1 aromatic rings. The van der Waals surface area contributed by atoms with E-state index in [-0.39, 0.29) is 23.8 Å². The molecule has 2 aliphatic heterocycles. The van der Waals surface area contributed by atoms with Crippen LogP contribution in [0.25, 0.3) is 0 Å². The first-order chi connectivity index (χ1) is 13.3. The molecule has 0 aromatic heterocycles. The van der Waals surface area contributed by atoms with Gasteiger partial charge in [-0.3, -0.25) is 14.6 Å². The molecule has 2 aliphatic rings. The molecule has 3 N–H and O–H groups in total. The highest BCUT2D eigenvalue weighted by molar-refractivity contribution is 6.30. The fraction of sp³-hybridized carbons (Fsp3) is 0.350. The molecule has 0 aliphatic carbocycles. The lowest BCUT2D eigenvalue weighted by Gasteiger charge is -2.40. The van der Waals surface area contributed by atoms with Crippen LogP contribution in [-0.4, -0.2) is 41.3 Å². The van der Waals surface area contributed by atoms with E-state index in [1.54, 1.807) is 25.3 Å². The number of nitrogens with one attached hydrogen (secondary N) is 1. The van der Waals surface area contributed by atoms with Crippen molar-refractivity contribution in [3.8, 4) is 0 Å². The van der Waals surface area contributed by atoms with Crippen molar-refractivity contribution in [2.24, 2.45) is 16.6 Å². The van der Waals surface area contributed by atoms with Gasteiger partial charge in [-0.25, -0.2) is 9.79 Å². The van der Waals surface area contributed by atoms with Crippen molar-refractivity contribution in [2.75, 3.05) is 18.9 Å². The molecule has 0 spiro atoms. The van der Waals surface area contributed by atoms with Crippen LogP contribution in [-0.2, 0) is 10.3 Å². The third kappa shape index (κ3) is 3.49. The molecule has 0 saturated carbocycles. The molecule has 2 atom stereocenters. The van der Waals surface area contributed by atoms with Crippen molar-refractivity contribution in [3.05, 3.63) is 53.2 Å². The zero-order chi connectivity index (χ0) is 20.5. The monoisotopic (exact) mass is 401 g/mol. The van der Waals surface area contributed by atoms with Gasteiger partial charge in [-0.1, -0.05) is 42.8 Å². The van der Waals surface area contributed by atoms with Crippen molar-refractivity contribution in [1.82, 2.24) is 9.80 Å². The van der Waals surface area contributed by atoms with Crippen molar-refractivity contribution in [3.63, 3.8) is 0 Å². The van der Waals surface area contributed by atoms with Crippen LogP contribution in [0.15, 0.2) is 52.6 Å². The molecule has 0 saturated heterocycles. The van der Waals surface area contributed by atoms with Crippen LogP contribution in [0.2, 0.25) is 0 Å². The van der Waals surface area contributed by atoms with Crippen molar-refractivity contribution in [1.29, 1.82) is 0 Å². The van der Waals surface area contributed by atoms with E-state index in [9.17, 15) is 9.59 Å². The second kappa shape index (κ2) is 7.67. The van der Waals surface area contributed by atoms with E-state index < -0.39 is 5.54 Å². The zero-order valence-electron chi connectivity index (χ0n) is 16.1. The predicted octanol–water partition coefficient (Wildman–Crippen LogP) is 3.20. The van der Waals surface area contributed by atoms with E-state index in [2.05, 4.69) is 10.3 Å². The molecule has 0 radical (unpaired) electrons. The molecule has 0 fully saturated rings.